The molecular formula is C45H52F2N10O3S. The summed E-state index contributed by atoms with van der Waals surface area (Å²) in [6.45, 7) is 9.37. The summed E-state index contributed by atoms with van der Waals surface area (Å²) in [5, 5.41) is 17.9. The first kappa shape index (κ1) is 42.2. The highest BCUT2D eigenvalue weighted by atomic mass is 32.2. The minimum absolute atomic E-state index is 0.0602. The van der Waals surface area contributed by atoms with Crippen molar-refractivity contribution < 1.29 is 18.3 Å². The Hall–Kier alpha value is -5.50. The molecule has 4 fully saturated rings. The van der Waals surface area contributed by atoms with Gasteiger partial charge in [0.25, 0.3) is 5.56 Å². The largest absolute Gasteiger partial charge is 0.453 e. The average Bonchev–Trinajstić information content (AvgIpc) is 3.58. The molecular weight excluding hydrogens is 799 g/mol. The average molecular weight is 851 g/mol. The molecule has 5 aromatic rings. The molecule has 4 heterocycles. The topological polar surface area (TPSA) is 137 Å². The fourth-order valence-electron chi connectivity index (χ4n) is 9.21. The lowest BCUT2D eigenvalue weighted by Crippen LogP contribution is -2.51. The molecule has 61 heavy (non-hydrogen) atoms. The fraction of sp³-hybridized carbons (Fsp3) is 0.444. The van der Waals surface area contributed by atoms with Crippen molar-refractivity contribution in [3.63, 3.8) is 0 Å². The van der Waals surface area contributed by atoms with Gasteiger partial charge < -0.3 is 19.7 Å². The number of nitriles is 1. The first-order valence-corrected chi connectivity index (χ1v) is 21.9. The van der Waals surface area contributed by atoms with Crippen LogP contribution in [0.1, 0.15) is 82.7 Å². The van der Waals surface area contributed by atoms with E-state index in [0.717, 1.165) is 30.9 Å². The number of nitrogens with one attached hydrogen (secondary N) is 2. The van der Waals surface area contributed by atoms with Crippen molar-refractivity contribution in [1.29, 1.82) is 5.26 Å². The van der Waals surface area contributed by atoms with Crippen molar-refractivity contribution in [2.75, 3.05) is 42.8 Å². The summed E-state index contributed by atoms with van der Waals surface area (Å²) >= 11 is 1.31. The monoisotopic (exact) mass is 850 g/mol. The summed E-state index contributed by atoms with van der Waals surface area (Å²) in [4.78, 5) is 34.4. The molecule has 2 aliphatic carbocycles. The number of halogens is 2. The maximum absolute atomic E-state index is 14.9. The Balaban J connectivity index is 0.000000225. The van der Waals surface area contributed by atoms with Gasteiger partial charge in [-0.1, -0.05) is 32.8 Å². The minimum Gasteiger partial charge on any atom is -0.453 e. The van der Waals surface area contributed by atoms with Crippen LogP contribution in [0.2, 0.25) is 0 Å². The molecule has 2 aromatic heterocycles. The third-order valence-corrected chi connectivity index (χ3v) is 13.7. The molecule has 2 saturated carbocycles. The molecule has 4 aliphatic rings. The summed E-state index contributed by atoms with van der Waals surface area (Å²) in [6.07, 6.45) is 13.6. The lowest BCUT2D eigenvalue weighted by atomic mass is 9.60. The zero-order valence-electron chi connectivity index (χ0n) is 34.9. The summed E-state index contributed by atoms with van der Waals surface area (Å²) in [6, 6.07) is 14.9. The van der Waals surface area contributed by atoms with Crippen LogP contribution >= 0.6 is 12.1 Å². The van der Waals surface area contributed by atoms with Gasteiger partial charge in [0.1, 0.15) is 23.2 Å². The van der Waals surface area contributed by atoms with E-state index in [-0.39, 0.29) is 40.5 Å². The quantitative estimate of drug-likeness (QED) is 0.138. The Bertz CT molecular complexity index is 2550. The first-order valence-electron chi connectivity index (χ1n) is 21.1. The standard InChI is InChI=1S/C32H39FN6O2S.C13H13FN4O/c1-3-37(2)42-36-29-12-10-27(33)30(26(29)20-34)41-24-9-11-28-25(17-24)31(40)39(21-35-28)23-18-32(19-23)13-15-38(16-14-32)22-7-5-4-6-8-22;1-8-5-6-18(13(19)15-8)12-10-7-9(14)3-4-11(10)17(2)16-12/h9-12,17,21-23,36H,3-8,13-16,18-19H2,1-2H3;3-4,7H,1,5-6H2,2H3,(H,15,19). The van der Waals surface area contributed by atoms with Crippen molar-refractivity contribution >= 4 is 51.5 Å². The molecule has 2 saturated heterocycles. The highest BCUT2D eigenvalue weighted by molar-refractivity contribution is 7.98. The molecule has 320 valence electrons. The molecule has 9 rings (SSSR count). The van der Waals surface area contributed by atoms with Crippen molar-refractivity contribution in [3.8, 4) is 17.6 Å². The van der Waals surface area contributed by atoms with Gasteiger partial charge in [-0.2, -0.15) is 10.4 Å². The molecule has 2 aliphatic heterocycles. The number of ether oxygens (including phenoxy) is 1. The Kier molecular flexibility index (Phi) is 12.3. The number of piperidine rings is 1. The molecule has 0 unspecified atom stereocenters. The van der Waals surface area contributed by atoms with Crippen LogP contribution in [0.15, 0.2) is 71.9 Å². The predicted molar refractivity (Wildman–Crippen MR) is 235 cm³/mol. The van der Waals surface area contributed by atoms with Gasteiger partial charge in [0.2, 0.25) is 0 Å². The van der Waals surface area contributed by atoms with Gasteiger partial charge >= 0.3 is 6.03 Å². The van der Waals surface area contributed by atoms with Gasteiger partial charge in [0.15, 0.2) is 17.4 Å². The van der Waals surface area contributed by atoms with E-state index in [1.54, 1.807) is 46.9 Å². The molecule has 13 nitrogen and oxygen atoms in total. The lowest BCUT2D eigenvalue weighted by molar-refractivity contribution is -0.0240. The van der Waals surface area contributed by atoms with Gasteiger partial charge in [-0.15, -0.1) is 0 Å². The summed E-state index contributed by atoms with van der Waals surface area (Å²) in [5.74, 6) is -0.411. The van der Waals surface area contributed by atoms with E-state index in [1.165, 1.54) is 99.3 Å². The molecule has 0 atom stereocenters. The SMILES string of the molecule is C=C1CCN(c2nn(C)c3ccc(F)cc23)C(=O)N1.CCN(C)SNc1ccc(F)c(Oc2ccc3ncn(C4CC5(CCN(C6CCCCC6)CC5)C4)c(=O)c3c2)c1C#N. The van der Waals surface area contributed by atoms with Crippen molar-refractivity contribution in [3.05, 3.63) is 94.7 Å². The van der Waals surface area contributed by atoms with Crippen LogP contribution in [0.3, 0.4) is 0 Å². The number of hydrogen-bond acceptors (Lipinski definition) is 10. The van der Waals surface area contributed by atoms with Crippen LogP contribution in [0, 0.1) is 28.4 Å². The maximum Gasteiger partial charge on any atom is 0.327 e. The number of anilines is 2. The highest BCUT2D eigenvalue weighted by Gasteiger charge is 2.47. The molecule has 1 spiro atoms. The number of fused-ring (bicyclic) bond motifs is 2. The van der Waals surface area contributed by atoms with Gasteiger partial charge in [-0.05, 0) is 113 Å². The minimum atomic E-state index is -0.649. The van der Waals surface area contributed by atoms with E-state index in [9.17, 15) is 23.6 Å². The van der Waals surface area contributed by atoms with E-state index >= 15 is 0 Å². The smallest absolute Gasteiger partial charge is 0.327 e. The number of carbonyl (C=O) groups is 1. The number of aryl methyl sites for hydroxylation is 1. The molecule has 2 N–H and O–H groups in total. The highest BCUT2D eigenvalue weighted by Crippen LogP contribution is 2.54. The summed E-state index contributed by atoms with van der Waals surface area (Å²) in [5.41, 5.74) is 2.77. The van der Waals surface area contributed by atoms with Gasteiger partial charge in [-0.3, -0.25) is 18.9 Å². The number of amides is 2. The third kappa shape index (κ3) is 8.82. The second-order valence-electron chi connectivity index (χ2n) is 16.7. The number of nitrogens with zero attached hydrogens (tertiary/aromatic N) is 8. The first-order chi connectivity index (χ1) is 29.5. The maximum atomic E-state index is 14.9. The third-order valence-electron chi connectivity index (χ3n) is 12.8. The number of carbonyl (C=O) groups excluding carboxylic acids is 1. The van der Waals surface area contributed by atoms with Crippen molar-refractivity contribution in [2.24, 2.45) is 12.5 Å². The zero-order valence-corrected chi connectivity index (χ0v) is 35.7. The van der Waals surface area contributed by atoms with Crippen LogP contribution in [-0.4, -0.2) is 73.8 Å². The molecule has 0 radical (unpaired) electrons. The lowest BCUT2D eigenvalue weighted by Gasteiger charge is -2.53. The Morgan fingerprint density at radius 1 is 1.03 bits per heavy atom. The summed E-state index contributed by atoms with van der Waals surface area (Å²) in [7, 11) is 3.68. The van der Waals surface area contributed by atoms with Crippen LogP contribution in [0.25, 0.3) is 21.8 Å². The van der Waals surface area contributed by atoms with E-state index in [4.69, 9.17) is 4.74 Å². The Morgan fingerprint density at radius 3 is 2.52 bits per heavy atom. The molecule has 3 aromatic carbocycles. The van der Waals surface area contributed by atoms with Gasteiger partial charge in [0, 0.05) is 61.9 Å². The Morgan fingerprint density at radius 2 is 1.80 bits per heavy atom. The molecule has 2 amide bonds. The Labute approximate surface area is 358 Å². The number of urea groups is 1. The number of benzene rings is 3. The predicted octanol–water partition coefficient (Wildman–Crippen LogP) is 9.02. The molecule has 16 heteroatoms. The van der Waals surface area contributed by atoms with E-state index in [0.29, 0.717) is 51.9 Å². The normalized spacial score (nSPS) is 18.5. The van der Waals surface area contributed by atoms with Crippen LogP contribution in [0.5, 0.6) is 11.5 Å². The fourth-order valence-corrected chi connectivity index (χ4v) is 9.76. The van der Waals surface area contributed by atoms with E-state index in [1.807, 2.05) is 18.3 Å². The van der Waals surface area contributed by atoms with Gasteiger partial charge in [0.05, 0.1) is 28.4 Å². The second kappa shape index (κ2) is 17.8. The second-order valence-corrected chi connectivity index (χ2v) is 17.7. The number of aromatic nitrogens is 4. The van der Waals surface area contributed by atoms with E-state index in [2.05, 4.69) is 37.7 Å². The van der Waals surface area contributed by atoms with Crippen molar-refractivity contribution in [1.82, 2.24) is 33.9 Å². The summed E-state index contributed by atoms with van der Waals surface area (Å²) < 4.78 is 42.6. The van der Waals surface area contributed by atoms with E-state index < -0.39 is 5.82 Å². The molecule has 0 bridgehead atoms. The van der Waals surface area contributed by atoms with Crippen LogP contribution in [-0.2, 0) is 7.05 Å². The number of hydrogen-bond donors (Lipinski definition) is 2. The van der Waals surface area contributed by atoms with Crippen molar-refractivity contribution in [2.45, 2.75) is 83.2 Å². The zero-order chi connectivity index (χ0) is 42.8. The van der Waals surface area contributed by atoms with Crippen LogP contribution < -0.4 is 25.2 Å². The van der Waals surface area contributed by atoms with Crippen LogP contribution in [0.4, 0.5) is 25.1 Å². The number of likely N-dealkylation sites (tertiary alicyclic amines) is 1. The number of rotatable bonds is 9. The van der Waals surface area contributed by atoms with Gasteiger partial charge in [-0.25, -0.2) is 22.9 Å².